The van der Waals surface area contributed by atoms with Crippen molar-refractivity contribution >= 4 is 11.8 Å². The summed E-state index contributed by atoms with van der Waals surface area (Å²) >= 11 is 0. The highest BCUT2D eigenvalue weighted by molar-refractivity contribution is 5.95. The number of hydrogen-bond donors (Lipinski definition) is 0. The normalized spacial score (nSPS) is 16.8. The standard InChI is InChI=1S/C24H22F3N3O3/c25-24(26,27)19-8-4-7-18(11-19)12-30-20(10-9-17-5-2-1-3-6-17)13-29(14-22(30)31)23(32)21-15-33-16-28-21/h1-8,11,15-16,20H,9-10,12-14H2/t20-/m0/s1. The third-order valence-electron chi connectivity index (χ3n) is 5.67. The van der Waals surface area contributed by atoms with Gasteiger partial charge in [0.05, 0.1) is 11.6 Å². The Hall–Kier alpha value is -3.62. The molecule has 33 heavy (non-hydrogen) atoms. The highest BCUT2D eigenvalue weighted by Gasteiger charge is 2.36. The third kappa shape index (κ3) is 5.42. The lowest BCUT2D eigenvalue weighted by Gasteiger charge is -2.41. The molecule has 1 saturated heterocycles. The predicted octanol–water partition coefficient (Wildman–Crippen LogP) is 4.18. The Labute approximate surface area is 188 Å². The fourth-order valence-corrected chi connectivity index (χ4v) is 4.00. The van der Waals surface area contributed by atoms with E-state index in [1.165, 1.54) is 17.2 Å². The highest BCUT2D eigenvalue weighted by Crippen LogP contribution is 2.30. The Balaban J connectivity index is 1.55. The second-order valence-corrected chi connectivity index (χ2v) is 7.96. The number of carbonyl (C=O) groups excluding carboxylic acids is 2. The number of hydrogen-bond acceptors (Lipinski definition) is 4. The number of nitrogens with zero attached hydrogens (tertiary/aromatic N) is 3. The van der Waals surface area contributed by atoms with Crippen molar-refractivity contribution in [1.82, 2.24) is 14.8 Å². The first-order valence-electron chi connectivity index (χ1n) is 10.5. The van der Waals surface area contributed by atoms with E-state index < -0.39 is 17.6 Å². The largest absolute Gasteiger partial charge is 0.451 e. The minimum absolute atomic E-state index is 0.0359. The van der Waals surface area contributed by atoms with Gasteiger partial charge in [-0.05, 0) is 36.1 Å². The SMILES string of the molecule is O=C(c1cocn1)N1CC(=O)N(Cc2cccc(C(F)(F)F)c2)[C@@H](CCc2ccccc2)C1. The van der Waals surface area contributed by atoms with Crippen LogP contribution in [0.5, 0.6) is 0 Å². The molecular formula is C24H22F3N3O3. The van der Waals surface area contributed by atoms with Gasteiger partial charge in [0, 0.05) is 13.1 Å². The van der Waals surface area contributed by atoms with Crippen LogP contribution in [0.25, 0.3) is 0 Å². The van der Waals surface area contributed by atoms with E-state index in [2.05, 4.69) is 4.98 Å². The van der Waals surface area contributed by atoms with E-state index in [-0.39, 0.29) is 37.3 Å². The van der Waals surface area contributed by atoms with Crippen LogP contribution in [0.1, 0.15) is 33.6 Å². The second-order valence-electron chi connectivity index (χ2n) is 7.96. The van der Waals surface area contributed by atoms with Gasteiger partial charge in [-0.15, -0.1) is 0 Å². The minimum Gasteiger partial charge on any atom is -0.451 e. The van der Waals surface area contributed by atoms with Crippen LogP contribution in [0.2, 0.25) is 0 Å². The topological polar surface area (TPSA) is 66.7 Å². The summed E-state index contributed by atoms with van der Waals surface area (Å²) in [6, 6.07) is 14.3. The lowest BCUT2D eigenvalue weighted by molar-refractivity contribution is -0.139. The van der Waals surface area contributed by atoms with Gasteiger partial charge in [-0.25, -0.2) is 4.98 Å². The van der Waals surface area contributed by atoms with Crippen LogP contribution in [-0.2, 0) is 23.9 Å². The molecule has 0 unspecified atom stereocenters. The number of rotatable bonds is 6. The summed E-state index contributed by atoms with van der Waals surface area (Å²) in [5.74, 6) is -0.742. The summed E-state index contributed by atoms with van der Waals surface area (Å²) < 4.78 is 44.3. The zero-order valence-corrected chi connectivity index (χ0v) is 17.7. The van der Waals surface area contributed by atoms with Gasteiger partial charge < -0.3 is 14.2 Å². The van der Waals surface area contributed by atoms with E-state index in [1.54, 1.807) is 11.0 Å². The van der Waals surface area contributed by atoms with E-state index in [0.717, 1.165) is 24.1 Å². The molecule has 1 atom stereocenters. The van der Waals surface area contributed by atoms with Crippen molar-refractivity contribution in [3.8, 4) is 0 Å². The number of halogens is 3. The molecule has 0 saturated carbocycles. The number of alkyl halides is 3. The van der Waals surface area contributed by atoms with Crippen molar-refractivity contribution in [2.75, 3.05) is 13.1 Å². The molecule has 4 rings (SSSR count). The molecule has 9 heteroatoms. The van der Waals surface area contributed by atoms with Gasteiger partial charge in [-0.1, -0.05) is 42.5 Å². The van der Waals surface area contributed by atoms with Crippen molar-refractivity contribution in [2.45, 2.75) is 31.6 Å². The van der Waals surface area contributed by atoms with Gasteiger partial charge >= 0.3 is 6.18 Å². The zero-order valence-electron chi connectivity index (χ0n) is 17.7. The zero-order chi connectivity index (χ0) is 23.4. The molecule has 0 aliphatic carbocycles. The van der Waals surface area contributed by atoms with Gasteiger partial charge in [-0.3, -0.25) is 9.59 Å². The molecule has 0 bridgehead atoms. The van der Waals surface area contributed by atoms with Gasteiger partial charge in [0.1, 0.15) is 12.8 Å². The maximum absolute atomic E-state index is 13.1. The molecule has 2 amide bonds. The monoisotopic (exact) mass is 457 g/mol. The fraction of sp³-hybridized carbons (Fsp3) is 0.292. The predicted molar refractivity (Wildman–Crippen MR) is 113 cm³/mol. The Morgan fingerprint density at radius 3 is 2.55 bits per heavy atom. The second kappa shape index (κ2) is 9.48. The quantitative estimate of drug-likeness (QED) is 0.557. The molecule has 1 aliphatic rings. The van der Waals surface area contributed by atoms with Crippen LogP contribution < -0.4 is 0 Å². The number of benzene rings is 2. The Bertz CT molecular complexity index is 1100. The summed E-state index contributed by atoms with van der Waals surface area (Å²) in [5.41, 5.74) is 0.812. The molecule has 1 aliphatic heterocycles. The molecular weight excluding hydrogens is 435 g/mol. The molecule has 2 aromatic carbocycles. The van der Waals surface area contributed by atoms with E-state index in [0.29, 0.717) is 18.4 Å². The van der Waals surface area contributed by atoms with Crippen molar-refractivity contribution in [1.29, 1.82) is 0 Å². The number of aryl methyl sites for hydroxylation is 1. The van der Waals surface area contributed by atoms with E-state index in [4.69, 9.17) is 4.42 Å². The van der Waals surface area contributed by atoms with E-state index >= 15 is 0 Å². The molecule has 2 heterocycles. The summed E-state index contributed by atoms with van der Waals surface area (Å²) in [6.45, 7) is 0.115. The number of carbonyl (C=O) groups is 2. The average Bonchev–Trinajstić information content (AvgIpc) is 3.34. The number of oxazole rings is 1. The maximum atomic E-state index is 13.1. The minimum atomic E-state index is -4.46. The Morgan fingerprint density at radius 1 is 1.09 bits per heavy atom. The van der Waals surface area contributed by atoms with Gasteiger partial charge in [0.15, 0.2) is 12.1 Å². The van der Waals surface area contributed by atoms with Crippen LogP contribution in [0.4, 0.5) is 13.2 Å². The summed E-state index contributed by atoms with van der Waals surface area (Å²) in [5, 5.41) is 0. The number of amides is 2. The maximum Gasteiger partial charge on any atom is 0.416 e. The van der Waals surface area contributed by atoms with Crippen LogP contribution in [0, 0.1) is 0 Å². The summed E-state index contributed by atoms with van der Waals surface area (Å²) in [4.78, 5) is 32.7. The summed E-state index contributed by atoms with van der Waals surface area (Å²) in [6.07, 6.45) is -0.886. The third-order valence-corrected chi connectivity index (χ3v) is 5.67. The fourth-order valence-electron chi connectivity index (χ4n) is 4.00. The molecule has 1 fully saturated rings. The lowest BCUT2D eigenvalue weighted by Crippen LogP contribution is -2.57. The number of aromatic nitrogens is 1. The number of piperazine rings is 1. The van der Waals surface area contributed by atoms with Crippen LogP contribution in [-0.4, -0.2) is 45.7 Å². The summed E-state index contributed by atoms with van der Waals surface area (Å²) in [7, 11) is 0. The van der Waals surface area contributed by atoms with Gasteiger partial charge in [-0.2, -0.15) is 13.2 Å². The molecule has 1 aromatic heterocycles. The Morgan fingerprint density at radius 2 is 1.85 bits per heavy atom. The Kier molecular flexibility index (Phi) is 6.48. The molecule has 3 aromatic rings. The first-order chi connectivity index (χ1) is 15.8. The van der Waals surface area contributed by atoms with E-state index in [9.17, 15) is 22.8 Å². The molecule has 172 valence electrons. The van der Waals surface area contributed by atoms with Crippen molar-refractivity contribution < 1.29 is 27.2 Å². The van der Waals surface area contributed by atoms with Crippen LogP contribution in [0.15, 0.2) is 71.7 Å². The molecule has 6 nitrogen and oxygen atoms in total. The molecule has 0 spiro atoms. The van der Waals surface area contributed by atoms with E-state index in [1.807, 2.05) is 30.3 Å². The van der Waals surface area contributed by atoms with Crippen molar-refractivity contribution in [3.05, 3.63) is 89.6 Å². The van der Waals surface area contributed by atoms with Crippen LogP contribution in [0.3, 0.4) is 0 Å². The van der Waals surface area contributed by atoms with Crippen molar-refractivity contribution in [2.24, 2.45) is 0 Å². The average molecular weight is 457 g/mol. The first-order valence-corrected chi connectivity index (χ1v) is 10.5. The lowest BCUT2D eigenvalue weighted by atomic mass is 10.00. The van der Waals surface area contributed by atoms with Crippen LogP contribution >= 0.6 is 0 Å². The first kappa shape index (κ1) is 22.6. The van der Waals surface area contributed by atoms with Gasteiger partial charge in [0.25, 0.3) is 5.91 Å². The molecule has 0 radical (unpaired) electrons. The van der Waals surface area contributed by atoms with Crippen molar-refractivity contribution in [3.63, 3.8) is 0 Å². The molecule has 0 N–H and O–H groups in total. The smallest absolute Gasteiger partial charge is 0.416 e. The van der Waals surface area contributed by atoms with Gasteiger partial charge in [0.2, 0.25) is 5.91 Å². The highest BCUT2D eigenvalue weighted by atomic mass is 19.4.